The number of aromatic nitrogens is 3. The van der Waals surface area contributed by atoms with E-state index in [1.54, 1.807) is 17.1 Å². The number of carbonyl (C=O) groups excluding carboxylic acids is 1. The van der Waals surface area contributed by atoms with E-state index < -0.39 is 0 Å². The molecule has 1 saturated heterocycles. The van der Waals surface area contributed by atoms with Crippen LogP contribution in [0.25, 0.3) is 0 Å². The lowest BCUT2D eigenvalue weighted by Gasteiger charge is -2.37. The average molecular weight is 293 g/mol. The van der Waals surface area contributed by atoms with E-state index in [2.05, 4.69) is 34.4 Å². The maximum Gasteiger partial charge on any atom is 0.241 e. The molecule has 0 aliphatic carbocycles. The van der Waals surface area contributed by atoms with Crippen LogP contribution in [0.3, 0.4) is 0 Å². The number of carbonyl (C=O) groups is 1. The van der Waals surface area contributed by atoms with Gasteiger partial charge in [0.05, 0.1) is 6.20 Å². The monoisotopic (exact) mass is 293 g/mol. The molecule has 1 aromatic heterocycles. The standard InChI is InChI=1S/C15H27N5O/c1-13(2)11-19-9-4-3-5-14(19)6-7-16-15(21)12-20-10-8-17-18-20/h8,10,13-14H,3-7,9,11-12H2,1-2H3,(H,16,21)/t14-/m1/s1. The fourth-order valence-electron chi connectivity index (χ4n) is 2.99. The number of hydrogen-bond acceptors (Lipinski definition) is 4. The van der Waals surface area contributed by atoms with Gasteiger partial charge in [0.25, 0.3) is 0 Å². The Balaban J connectivity index is 1.69. The van der Waals surface area contributed by atoms with E-state index in [4.69, 9.17) is 0 Å². The van der Waals surface area contributed by atoms with Crippen LogP contribution in [0, 0.1) is 5.92 Å². The van der Waals surface area contributed by atoms with Gasteiger partial charge in [-0.05, 0) is 31.7 Å². The summed E-state index contributed by atoms with van der Waals surface area (Å²) in [7, 11) is 0. The first-order chi connectivity index (χ1) is 10.1. The summed E-state index contributed by atoms with van der Waals surface area (Å²) >= 11 is 0. The summed E-state index contributed by atoms with van der Waals surface area (Å²) < 4.78 is 1.54. The van der Waals surface area contributed by atoms with E-state index in [1.807, 2.05) is 0 Å². The van der Waals surface area contributed by atoms with Crippen molar-refractivity contribution in [1.82, 2.24) is 25.2 Å². The van der Waals surface area contributed by atoms with Crippen molar-refractivity contribution in [3.05, 3.63) is 12.4 Å². The third-order valence-electron chi connectivity index (χ3n) is 3.93. The molecule has 1 aliphatic heterocycles. The molecule has 118 valence electrons. The molecule has 0 aromatic carbocycles. The second-order valence-electron chi connectivity index (χ2n) is 6.28. The molecular formula is C15H27N5O. The molecular weight excluding hydrogens is 266 g/mol. The van der Waals surface area contributed by atoms with E-state index in [-0.39, 0.29) is 12.5 Å². The molecule has 1 fully saturated rings. The lowest BCUT2D eigenvalue weighted by atomic mass is 9.98. The Hall–Kier alpha value is -1.43. The number of nitrogens with one attached hydrogen (secondary N) is 1. The SMILES string of the molecule is CC(C)CN1CCCC[C@@H]1CCNC(=O)Cn1ccnn1. The average Bonchev–Trinajstić information content (AvgIpc) is 2.93. The van der Waals surface area contributed by atoms with Crippen molar-refractivity contribution in [2.24, 2.45) is 5.92 Å². The first-order valence-corrected chi connectivity index (χ1v) is 8.00. The van der Waals surface area contributed by atoms with Crippen LogP contribution in [-0.4, -0.2) is 51.5 Å². The van der Waals surface area contributed by atoms with Gasteiger partial charge in [-0.1, -0.05) is 25.5 Å². The van der Waals surface area contributed by atoms with Crippen LogP contribution >= 0.6 is 0 Å². The lowest BCUT2D eigenvalue weighted by molar-refractivity contribution is -0.121. The van der Waals surface area contributed by atoms with Gasteiger partial charge >= 0.3 is 0 Å². The highest BCUT2D eigenvalue weighted by molar-refractivity contribution is 5.75. The Morgan fingerprint density at radius 1 is 1.43 bits per heavy atom. The fourth-order valence-corrected chi connectivity index (χ4v) is 2.99. The summed E-state index contributed by atoms with van der Waals surface area (Å²) in [5.74, 6) is 0.708. The third-order valence-corrected chi connectivity index (χ3v) is 3.93. The van der Waals surface area contributed by atoms with Crippen LogP contribution in [0.5, 0.6) is 0 Å². The molecule has 2 rings (SSSR count). The molecule has 1 atom stereocenters. The zero-order valence-corrected chi connectivity index (χ0v) is 13.2. The van der Waals surface area contributed by atoms with Gasteiger partial charge in [-0.15, -0.1) is 5.10 Å². The smallest absolute Gasteiger partial charge is 0.241 e. The molecule has 0 bridgehead atoms. The number of amides is 1. The molecule has 1 aromatic rings. The minimum absolute atomic E-state index is 0.00622. The zero-order valence-electron chi connectivity index (χ0n) is 13.2. The number of rotatable bonds is 7. The van der Waals surface area contributed by atoms with E-state index in [0.29, 0.717) is 12.0 Å². The summed E-state index contributed by atoms with van der Waals surface area (Å²) in [5.41, 5.74) is 0. The molecule has 21 heavy (non-hydrogen) atoms. The zero-order chi connectivity index (χ0) is 15.1. The van der Waals surface area contributed by atoms with Crippen LogP contribution in [-0.2, 0) is 11.3 Å². The van der Waals surface area contributed by atoms with Gasteiger partial charge < -0.3 is 10.2 Å². The highest BCUT2D eigenvalue weighted by Crippen LogP contribution is 2.20. The Morgan fingerprint density at radius 2 is 2.29 bits per heavy atom. The fraction of sp³-hybridized carbons (Fsp3) is 0.800. The molecule has 6 nitrogen and oxygen atoms in total. The maximum atomic E-state index is 11.8. The summed E-state index contributed by atoms with van der Waals surface area (Å²) in [5, 5.41) is 10.5. The largest absolute Gasteiger partial charge is 0.354 e. The van der Waals surface area contributed by atoms with Crippen molar-refractivity contribution in [3.63, 3.8) is 0 Å². The van der Waals surface area contributed by atoms with E-state index in [0.717, 1.165) is 19.5 Å². The van der Waals surface area contributed by atoms with Crippen LogP contribution in [0.15, 0.2) is 12.4 Å². The Bertz CT molecular complexity index is 418. The molecule has 1 N–H and O–H groups in total. The first kappa shape index (κ1) is 15.9. The Kier molecular flexibility index (Phi) is 6.17. The Morgan fingerprint density at radius 3 is 3.00 bits per heavy atom. The number of piperidine rings is 1. The van der Waals surface area contributed by atoms with Gasteiger partial charge in [0.2, 0.25) is 5.91 Å². The molecule has 1 amide bonds. The summed E-state index contributed by atoms with van der Waals surface area (Å²) in [6.07, 6.45) is 8.19. The molecule has 0 unspecified atom stereocenters. The molecule has 0 radical (unpaired) electrons. The highest BCUT2D eigenvalue weighted by atomic mass is 16.2. The van der Waals surface area contributed by atoms with Crippen molar-refractivity contribution in [2.75, 3.05) is 19.6 Å². The molecule has 2 heterocycles. The normalized spacial score (nSPS) is 19.9. The van der Waals surface area contributed by atoms with Gasteiger partial charge in [-0.25, -0.2) is 4.68 Å². The van der Waals surface area contributed by atoms with Gasteiger partial charge in [-0.3, -0.25) is 4.79 Å². The molecule has 0 spiro atoms. The van der Waals surface area contributed by atoms with Gasteiger partial charge in [0.15, 0.2) is 0 Å². The number of nitrogens with zero attached hydrogens (tertiary/aromatic N) is 4. The first-order valence-electron chi connectivity index (χ1n) is 8.00. The number of hydrogen-bond donors (Lipinski definition) is 1. The van der Waals surface area contributed by atoms with E-state index in [9.17, 15) is 4.79 Å². The second-order valence-corrected chi connectivity index (χ2v) is 6.28. The van der Waals surface area contributed by atoms with Crippen molar-refractivity contribution in [1.29, 1.82) is 0 Å². The van der Waals surface area contributed by atoms with Crippen molar-refractivity contribution in [2.45, 2.75) is 52.1 Å². The third kappa shape index (κ3) is 5.46. The molecule has 1 aliphatic rings. The number of likely N-dealkylation sites (tertiary alicyclic amines) is 1. The topological polar surface area (TPSA) is 63.1 Å². The predicted octanol–water partition coefficient (Wildman–Crippen LogP) is 1.29. The van der Waals surface area contributed by atoms with Crippen LogP contribution < -0.4 is 5.32 Å². The quantitative estimate of drug-likeness (QED) is 0.823. The minimum atomic E-state index is 0.00622. The lowest BCUT2D eigenvalue weighted by Crippen LogP contribution is -2.43. The summed E-state index contributed by atoms with van der Waals surface area (Å²) in [6.45, 7) is 7.90. The van der Waals surface area contributed by atoms with Gasteiger partial charge in [0.1, 0.15) is 6.54 Å². The highest BCUT2D eigenvalue weighted by Gasteiger charge is 2.22. The molecule has 0 saturated carbocycles. The van der Waals surface area contributed by atoms with E-state index in [1.165, 1.54) is 25.8 Å². The minimum Gasteiger partial charge on any atom is -0.354 e. The summed E-state index contributed by atoms with van der Waals surface area (Å²) in [4.78, 5) is 14.4. The predicted molar refractivity (Wildman–Crippen MR) is 81.7 cm³/mol. The van der Waals surface area contributed by atoms with E-state index >= 15 is 0 Å². The van der Waals surface area contributed by atoms with Crippen LogP contribution in [0.2, 0.25) is 0 Å². The van der Waals surface area contributed by atoms with Crippen molar-refractivity contribution in [3.8, 4) is 0 Å². The van der Waals surface area contributed by atoms with Crippen molar-refractivity contribution >= 4 is 5.91 Å². The second kappa shape index (κ2) is 8.12. The summed E-state index contributed by atoms with van der Waals surface area (Å²) in [6, 6.07) is 0.618. The van der Waals surface area contributed by atoms with Crippen LogP contribution in [0.1, 0.15) is 39.5 Å². The molecule has 6 heteroatoms. The van der Waals surface area contributed by atoms with Crippen molar-refractivity contribution < 1.29 is 4.79 Å². The van der Waals surface area contributed by atoms with Gasteiger partial charge in [0, 0.05) is 25.3 Å². The van der Waals surface area contributed by atoms with Gasteiger partial charge in [-0.2, -0.15) is 0 Å². The maximum absolute atomic E-state index is 11.8. The Labute approximate surface area is 126 Å². The van der Waals surface area contributed by atoms with Crippen LogP contribution in [0.4, 0.5) is 0 Å².